The number of aryl methyl sites for hydroxylation is 1. The van der Waals surface area contributed by atoms with Gasteiger partial charge in [0.2, 0.25) is 0 Å². The van der Waals surface area contributed by atoms with Gasteiger partial charge in [0, 0.05) is 22.7 Å². The molecule has 1 aromatic carbocycles. The number of fused-ring (bicyclic) bond motifs is 1. The summed E-state index contributed by atoms with van der Waals surface area (Å²) in [7, 11) is 0. The molecule has 1 aliphatic heterocycles. The number of amides is 1. The van der Waals surface area contributed by atoms with Crippen molar-refractivity contribution in [1.82, 2.24) is 4.90 Å². The molecule has 2 aromatic rings. The van der Waals surface area contributed by atoms with Gasteiger partial charge in [-0.25, -0.2) is 4.79 Å². The second-order valence-electron chi connectivity index (χ2n) is 7.65. The Balaban J connectivity index is 1.72. The highest BCUT2D eigenvalue weighted by molar-refractivity contribution is 7.19. The molecule has 1 N–H and O–H groups in total. The van der Waals surface area contributed by atoms with Crippen LogP contribution < -0.4 is 0 Å². The second-order valence-corrected chi connectivity index (χ2v) is 8.73. The standard InChI is InChI=1S/C19H25NO3S/c1-13-5-6-14-12-16(24-15(14)11-13)19(22)7-9-20(10-8-19)17(21)23-18(2,3)4/h5-6,11-12,22H,7-10H2,1-4H3. The van der Waals surface area contributed by atoms with Gasteiger partial charge in [0.15, 0.2) is 0 Å². The van der Waals surface area contributed by atoms with Crippen LogP contribution in [0.25, 0.3) is 10.1 Å². The highest BCUT2D eigenvalue weighted by atomic mass is 32.1. The fourth-order valence-corrected chi connectivity index (χ4v) is 4.31. The van der Waals surface area contributed by atoms with Crippen molar-refractivity contribution >= 4 is 27.5 Å². The third-order valence-corrected chi connectivity index (χ3v) is 5.67. The Kier molecular flexibility index (Phi) is 4.34. The molecule has 0 spiro atoms. The average molecular weight is 347 g/mol. The van der Waals surface area contributed by atoms with Crippen LogP contribution in [0.5, 0.6) is 0 Å². The molecular formula is C19H25NO3S. The number of benzene rings is 1. The van der Waals surface area contributed by atoms with Gasteiger partial charge in [0.25, 0.3) is 0 Å². The van der Waals surface area contributed by atoms with E-state index < -0.39 is 11.2 Å². The van der Waals surface area contributed by atoms with Gasteiger partial charge in [-0.3, -0.25) is 0 Å². The van der Waals surface area contributed by atoms with E-state index in [1.54, 1.807) is 16.2 Å². The second kappa shape index (κ2) is 6.05. The number of piperidine rings is 1. The molecule has 0 radical (unpaired) electrons. The summed E-state index contributed by atoms with van der Waals surface area (Å²) in [6.45, 7) is 8.70. The number of rotatable bonds is 1. The molecule has 0 unspecified atom stereocenters. The molecule has 0 atom stereocenters. The molecule has 1 amide bonds. The zero-order chi connectivity index (χ0) is 17.5. The van der Waals surface area contributed by atoms with E-state index in [9.17, 15) is 9.90 Å². The van der Waals surface area contributed by atoms with Crippen LogP contribution in [0.2, 0.25) is 0 Å². The smallest absolute Gasteiger partial charge is 0.410 e. The molecule has 5 heteroatoms. The van der Waals surface area contributed by atoms with Gasteiger partial charge in [-0.1, -0.05) is 12.1 Å². The van der Waals surface area contributed by atoms with Gasteiger partial charge >= 0.3 is 6.09 Å². The fraction of sp³-hybridized carbons (Fsp3) is 0.526. The lowest BCUT2D eigenvalue weighted by molar-refractivity contribution is -0.0334. The lowest BCUT2D eigenvalue weighted by atomic mass is 9.90. The topological polar surface area (TPSA) is 49.8 Å². The number of thiophene rings is 1. The summed E-state index contributed by atoms with van der Waals surface area (Å²) in [5, 5.41) is 12.2. The Morgan fingerprint density at radius 2 is 1.92 bits per heavy atom. The Hall–Kier alpha value is -1.59. The molecule has 0 saturated carbocycles. The van der Waals surface area contributed by atoms with Gasteiger partial charge in [-0.05, 0) is 63.6 Å². The van der Waals surface area contributed by atoms with Crippen LogP contribution in [0.15, 0.2) is 24.3 Å². The van der Waals surface area contributed by atoms with Crippen LogP contribution in [0.4, 0.5) is 4.79 Å². The summed E-state index contributed by atoms with van der Waals surface area (Å²) in [6, 6.07) is 8.43. The van der Waals surface area contributed by atoms with Crippen molar-refractivity contribution in [3.63, 3.8) is 0 Å². The van der Waals surface area contributed by atoms with Crippen LogP contribution >= 0.6 is 11.3 Å². The van der Waals surface area contributed by atoms with E-state index >= 15 is 0 Å². The van der Waals surface area contributed by atoms with E-state index in [0.717, 1.165) is 4.88 Å². The van der Waals surface area contributed by atoms with Crippen molar-refractivity contribution in [2.24, 2.45) is 0 Å². The molecule has 4 nitrogen and oxygen atoms in total. The molecule has 130 valence electrons. The maximum absolute atomic E-state index is 12.2. The van der Waals surface area contributed by atoms with Crippen molar-refractivity contribution in [2.45, 2.75) is 51.7 Å². The number of aliphatic hydroxyl groups is 1. The van der Waals surface area contributed by atoms with Crippen LogP contribution in [0.1, 0.15) is 44.1 Å². The number of hydrogen-bond acceptors (Lipinski definition) is 4. The summed E-state index contributed by atoms with van der Waals surface area (Å²) in [5.74, 6) is 0. The molecule has 24 heavy (non-hydrogen) atoms. The predicted octanol–water partition coefficient (Wildman–Crippen LogP) is 4.43. The van der Waals surface area contributed by atoms with Crippen LogP contribution in [0.3, 0.4) is 0 Å². The van der Waals surface area contributed by atoms with Crippen molar-refractivity contribution < 1.29 is 14.6 Å². The number of carbonyl (C=O) groups is 1. The summed E-state index contributed by atoms with van der Waals surface area (Å²) in [5.41, 5.74) is -0.118. The maximum Gasteiger partial charge on any atom is 0.410 e. The fourth-order valence-electron chi connectivity index (χ4n) is 3.00. The summed E-state index contributed by atoms with van der Waals surface area (Å²) in [4.78, 5) is 14.8. The van der Waals surface area contributed by atoms with E-state index in [1.165, 1.54) is 15.6 Å². The van der Waals surface area contributed by atoms with E-state index in [-0.39, 0.29) is 6.09 Å². The third-order valence-electron chi connectivity index (χ3n) is 4.38. The molecule has 1 saturated heterocycles. The number of nitrogens with zero attached hydrogens (tertiary/aromatic N) is 1. The first kappa shape index (κ1) is 17.2. The first-order valence-corrected chi connectivity index (χ1v) is 9.19. The highest BCUT2D eigenvalue weighted by Gasteiger charge is 2.37. The predicted molar refractivity (Wildman–Crippen MR) is 97.5 cm³/mol. The zero-order valence-corrected chi connectivity index (χ0v) is 15.6. The molecule has 1 aromatic heterocycles. The summed E-state index contributed by atoms with van der Waals surface area (Å²) in [6.07, 6.45) is 0.785. The van der Waals surface area contributed by atoms with Crippen molar-refractivity contribution in [1.29, 1.82) is 0 Å². The number of likely N-dealkylation sites (tertiary alicyclic amines) is 1. The highest BCUT2D eigenvalue weighted by Crippen LogP contribution is 2.40. The minimum Gasteiger partial charge on any atom is -0.444 e. The molecule has 2 heterocycles. The largest absolute Gasteiger partial charge is 0.444 e. The SMILES string of the molecule is Cc1ccc2cc(C3(O)CCN(C(=O)OC(C)(C)C)CC3)sc2c1. The quantitative estimate of drug-likeness (QED) is 0.830. The minimum atomic E-state index is -0.851. The Morgan fingerprint density at radius 1 is 1.25 bits per heavy atom. The van der Waals surface area contributed by atoms with Crippen LogP contribution in [-0.4, -0.2) is 34.8 Å². The maximum atomic E-state index is 12.2. The van der Waals surface area contributed by atoms with Gasteiger partial charge in [0.05, 0.1) is 0 Å². The summed E-state index contributed by atoms with van der Waals surface area (Å²) >= 11 is 1.65. The first-order chi connectivity index (χ1) is 11.2. The van der Waals surface area contributed by atoms with Gasteiger partial charge in [0.1, 0.15) is 11.2 Å². The van der Waals surface area contributed by atoms with E-state index in [0.29, 0.717) is 25.9 Å². The molecule has 1 fully saturated rings. The Labute approximate surface area is 147 Å². The van der Waals surface area contributed by atoms with Crippen LogP contribution in [0, 0.1) is 6.92 Å². The number of ether oxygens (including phenoxy) is 1. The number of carbonyl (C=O) groups excluding carboxylic acids is 1. The van der Waals surface area contributed by atoms with E-state index in [2.05, 4.69) is 31.2 Å². The van der Waals surface area contributed by atoms with Gasteiger partial charge in [-0.2, -0.15) is 0 Å². The minimum absolute atomic E-state index is 0.295. The first-order valence-electron chi connectivity index (χ1n) is 8.37. The van der Waals surface area contributed by atoms with Crippen molar-refractivity contribution in [3.8, 4) is 0 Å². The van der Waals surface area contributed by atoms with Crippen molar-refractivity contribution in [3.05, 3.63) is 34.7 Å². The average Bonchev–Trinajstić information content (AvgIpc) is 2.90. The zero-order valence-electron chi connectivity index (χ0n) is 14.8. The number of hydrogen-bond donors (Lipinski definition) is 1. The van der Waals surface area contributed by atoms with E-state index in [4.69, 9.17) is 4.74 Å². The monoisotopic (exact) mass is 347 g/mol. The Morgan fingerprint density at radius 3 is 2.54 bits per heavy atom. The molecule has 1 aliphatic rings. The van der Waals surface area contributed by atoms with E-state index in [1.807, 2.05) is 20.8 Å². The van der Waals surface area contributed by atoms with Gasteiger partial charge in [-0.15, -0.1) is 11.3 Å². The molecular weight excluding hydrogens is 322 g/mol. The van der Waals surface area contributed by atoms with Gasteiger partial charge < -0.3 is 14.7 Å². The third kappa shape index (κ3) is 3.57. The lowest BCUT2D eigenvalue weighted by Gasteiger charge is -2.38. The molecule has 0 aliphatic carbocycles. The Bertz CT molecular complexity index is 752. The lowest BCUT2D eigenvalue weighted by Crippen LogP contribution is -2.46. The normalized spacial score (nSPS) is 18.0. The summed E-state index contributed by atoms with van der Waals surface area (Å²) < 4.78 is 6.62. The molecule has 0 bridgehead atoms. The van der Waals surface area contributed by atoms with Crippen molar-refractivity contribution in [2.75, 3.05) is 13.1 Å². The molecule has 3 rings (SSSR count). The van der Waals surface area contributed by atoms with Crippen LogP contribution in [-0.2, 0) is 10.3 Å².